The largest absolute Gasteiger partial charge is 0.508 e. The Morgan fingerprint density at radius 1 is 1.30 bits per heavy atom. The summed E-state index contributed by atoms with van der Waals surface area (Å²) in [5, 5.41) is 20.8. The van der Waals surface area contributed by atoms with Crippen molar-refractivity contribution in [2.75, 3.05) is 13.1 Å². The molecule has 3 rings (SSSR count). The van der Waals surface area contributed by atoms with Crippen LogP contribution < -0.4 is 5.56 Å². The molecule has 1 fully saturated rings. The molecule has 0 unspecified atom stereocenters. The number of hydrogen-bond acceptors (Lipinski definition) is 6. The first-order valence-corrected chi connectivity index (χ1v) is 8.95. The van der Waals surface area contributed by atoms with Gasteiger partial charge in [0.2, 0.25) is 0 Å². The number of hydrogen-bond donors (Lipinski definition) is 2. The van der Waals surface area contributed by atoms with Gasteiger partial charge in [0.1, 0.15) is 11.4 Å². The second-order valence-electron chi connectivity index (χ2n) is 8.07. The standard InChI is InChI=1S/C19H25N3O5/c1-18(2,3)27-17(25)21-8-6-19(26,7-9-21)11-22-12-20-15-5-4-13(23)10-14(15)16(22)24/h4-5,10,12,23,26H,6-9,11H2,1-3H3. The number of piperidine rings is 1. The Bertz CT molecular complexity index is 908. The SMILES string of the molecule is CC(C)(C)OC(=O)N1CCC(O)(Cn2cnc3ccc(O)cc3c2=O)CC1. The number of phenolic OH excluding ortho intramolecular Hbond substituents is 1. The monoisotopic (exact) mass is 375 g/mol. The van der Waals surface area contributed by atoms with E-state index in [0.29, 0.717) is 36.8 Å². The highest BCUT2D eigenvalue weighted by Gasteiger charge is 2.36. The number of carbonyl (C=O) groups is 1. The second-order valence-corrected chi connectivity index (χ2v) is 8.07. The van der Waals surface area contributed by atoms with Gasteiger partial charge in [-0.05, 0) is 51.8 Å². The number of ether oxygens (including phenoxy) is 1. The maximum absolute atomic E-state index is 12.6. The first kappa shape index (κ1) is 19.2. The molecule has 1 aromatic heterocycles. The van der Waals surface area contributed by atoms with Crippen LogP contribution in [0, 0.1) is 0 Å². The predicted octanol–water partition coefficient (Wildman–Crippen LogP) is 1.86. The maximum atomic E-state index is 12.6. The van der Waals surface area contributed by atoms with Crippen LogP contribution in [0.1, 0.15) is 33.6 Å². The van der Waals surface area contributed by atoms with Gasteiger partial charge in [0, 0.05) is 13.1 Å². The molecule has 1 amide bonds. The van der Waals surface area contributed by atoms with E-state index in [1.807, 2.05) is 20.8 Å². The first-order chi connectivity index (χ1) is 12.6. The molecular formula is C19H25N3O5. The average molecular weight is 375 g/mol. The van der Waals surface area contributed by atoms with Crippen LogP contribution in [0.25, 0.3) is 10.9 Å². The topological polar surface area (TPSA) is 105 Å². The minimum Gasteiger partial charge on any atom is -0.508 e. The minimum absolute atomic E-state index is 0.0106. The number of aromatic hydroxyl groups is 1. The number of phenols is 1. The zero-order valence-electron chi connectivity index (χ0n) is 15.8. The molecule has 0 atom stereocenters. The number of aliphatic hydroxyl groups is 1. The summed E-state index contributed by atoms with van der Waals surface area (Å²) in [4.78, 5) is 30.6. The number of nitrogens with zero attached hydrogens (tertiary/aromatic N) is 3. The fourth-order valence-corrected chi connectivity index (χ4v) is 3.17. The minimum atomic E-state index is -1.12. The van der Waals surface area contributed by atoms with E-state index in [9.17, 15) is 19.8 Å². The fourth-order valence-electron chi connectivity index (χ4n) is 3.17. The number of benzene rings is 1. The lowest BCUT2D eigenvalue weighted by molar-refractivity contribution is -0.0419. The normalized spacial score (nSPS) is 17.1. The Balaban J connectivity index is 1.72. The molecule has 8 nitrogen and oxygen atoms in total. The number of rotatable bonds is 2. The Morgan fingerprint density at radius 3 is 2.59 bits per heavy atom. The lowest BCUT2D eigenvalue weighted by Gasteiger charge is -2.38. The second kappa shape index (κ2) is 6.84. The summed E-state index contributed by atoms with van der Waals surface area (Å²) in [5.74, 6) is -0.0106. The van der Waals surface area contributed by atoms with E-state index in [1.54, 1.807) is 11.0 Å². The summed E-state index contributed by atoms with van der Waals surface area (Å²) in [5.41, 5.74) is -1.52. The third-order valence-corrected chi connectivity index (χ3v) is 4.62. The van der Waals surface area contributed by atoms with E-state index < -0.39 is 17.3 Å². The number of aromatic nitrogens is 2. The number of amides is 1. The average Bonchev–Trinajstić information content (AvgIpc) is 2.57. The van der Waals surface area contributed by atoms with Crippen molar-refractivity contribution in [1.29, 1.82) is 0 Å². The van der Waals surface area contributed by atoms with E-state index in [2.05, 4.69) is 4.98 Å². The van der Waals surface area contributed by atoms with Crippen molar-refractivity contribution in [2.24, 2.45) is 0 Å². The van der Waals surface area contributed by atoms with Crippen molar-refractivity contribution in [1.82, 2.24) is 14.5 Å². The summed E-state index contributed by atoms with van der Waals surface area (Å²) in [6.45, 7) is 6.20. The summed E-state index contributed by atoms with van der Waals surface area (Å²) < 4.78 is 6.71. The van der Waals surface area contributed by atoms with E-state index in [-0.39, 0.29) is 17.9 Å². The molecule has 0 spiro atoms. The molecule has 8 heteroatoms. The van der Waals surface area contributed by atoms with Crippen LogP contribution in [-0.2, 0) is 11.3 Å². The molecule has 2 N–H and O–H groups in total. The maximum Gasteiger partial charge on any atom is 0.410 e. The van der Waals surface area contributed by atoms with Crippen LogP contribution in [0.2, 0.25) is 0 Å². The van der Waals surface area contributed by atoms with Crippen molar-refractivity contribution < 1.29 is 19.7 Å². The van der Waals surface area contributed by atoms with Crippen LogP contribution in [0.15, 0.2) is 29.3 Å². The molecule has 27 heavy (non-hydrogen) atoms. The van der Waals surface area contributed by atoms with Crippen molar-refractivity contribution in [3.05, 3.63) is 34.9 Å². The molecule has 0 radical (unpaired) electrons. The van der Waals surface area contributed by atoms with Gasteiger partial charge in [0.25, 0.3) is 5.56 Å². The molecule has 0 bridgehead atoms. The fraction of sp³-hybridized carbons (Fsp3) is 0.526. The molecule has 2 aromatic rings. The summed E-state index contributed by atoms with van der Waals surface area (Å²) in [6, 6.07) is 4.42. The van der Waals surface area contributed by atoms with E-state index >= 15 is 0 Å². The van der Waals surface area contributed by atoms with Crippen molar-refractivity contribution in [2.45, 2.75) is 51.4 Å². The summed E-state index contributed by atoms with van der Waals surface area (Å²) in [7, 11) is 0. The van der Waals surface area contributed by atoms with Gasteiger partial charge in [-0.3, -0.25) is 9.36 Å². The third kappa shape index (κ3) is 4.39. The van der Waals surface area contributed by atoms with Gasteiger partial charge in [-0.2, -0.15) is 0 Å². The van der Waals surface area contributed by atoms with Gasteiger partial charge >= 0.3 is 6.09 Å². The van der Waals surface area contributed by atoms with Crippen LogP contribution in [0.4, 0.5) is 4.79 Å². The van der Waals surface area contributed by atoms with Gasteiger partial charge in [-0.1, -0.05) is 0 Å². The Hall–Kier alpha value is -2.61. The van der Waals surface area contributed by atoms with Crippen LogP contribution in [-0.4, -0.2) is 55.0 Å². The van der Waals surface area contributed by atoms with Gasteiger partial charge in [0.15, 0.2) is 0 Å². The summed E-state index contributed by atoms with van der Waals surface area (Å²) >= 11 is 0. The van der Waals surface area contributed by atoms with Gasteiger partial charge < -0.3 is 19.8 Å². The quantitative estimate of drug-likeness (QED) is 0.830. The lowest BCUT2D eigenvalue weighted by atomic mass is 9.91. The molecule has 1 aromatic carbocycles. The van der Waals surface area contributed by atoms with Gasteiger partial charge in [0.05, 0.1) is 29.4 Å². The molecule has 1 saturated heterocycles. The van der Waals surface area contributed by atoms with Crippen molar-refractivity contribution >= 4 is 17.0 Å². The Kier molecular flexibility index (Phi) is 4.86. The van der Waals surface area contributed by atoms with Gasteiger partial charge in [-0.25, -0.2) is 9.78 Å². The molecule has 0 aliphatic carbocycles. The zero-order valence-corrected chi connectivity index (χ0v) is 15.8. The molecule has 2 heterocycles. The third-order valence-electron chi connectivity index (χ3n) is 4.62. The van der Waals surface area contributed by atoms with E-state index in [4.69, 9.17) is 4.74 Å². The first-order valence-electron chi connectivity index (χ1n) is 8.95. The van der Waals surface area contributed by atoms with E-state index in [0.717, 1.165) is 0 Å². The zero-order chi connectivity index (χ0) is 19.8. The lowest BCUT2D eigenvalue weighted by Crippen LogP contribution is -2.50. The van der Waals surface area contributed by atoms with E-state index in [1.165, 1.54) is 23.0 Å². The molecule has 146 valence electrons. The highest BCUT2D eigenvalue weighted by Crippen LogP contribution is 2.25. The molecule has 1 aliphatic heterocycles. The Morgan fingerprint density at radius 2 is 1.96 bits per heavy atom. The number of fused-ring (bicyclic) bond motifs is 1. The highest BCUT2D eigenvalue weighted by atomic mass is 16.6. The smallest absolute Gasteiger partial charge is 0.410 e. The molecule has 1 aliphatic rings. The van der Waals surface area contributed by atoms with Crippen LogP contribution >= 0.6 is 0 Å². The van der Waals surface area contributed by atoms with Gasteiger partial charge in [-0.15, -0.1) is 0 Å². The summed E-state index contributed by atoms with van der Waals surface area (Å²) in [6.07, 6.45) is 1.66. The van der Waals surface area contributed by atoms with Crippen molar-refractivity contribution in [3.63, 3.8) is 0 Å². The van der Waals surface area contributed by atoms with Crippen molar-refractivity contribution in [3.8, 4) is 5.75 Å². The van der Waals surface area contributed by atoms with Crippen LogP contribution in [0.5, 0.6) is 5.75 Å². The number of carbonyl (C=O) groups excluding carboxylic acids is 1. The van der Waals surface area contributed by atoms with Crippen LogP contribution in [0.3, 0.4) is 0 Å². The highest BCUT2D eigenvalue weighted by molar-refractivity contribution is 5.78. The Labute approximate surface area is 157 Å². The predicted molar refractivity (Wildman–Crippen MR) is 99.7 cm³/mol. The molecule has 0 saturated carbocycles. The molecular weight excluding hydrogens is 350 g/mol. The number of likely N-dealkylation sites (tertiary alicyclic amines) is 1.